The van der Waals surface area contributed by atoms with E-state index in [2.05, 4.69) is 4.98 Å². The number of fused-ring (bicyclic) bond motifs is 1. The van der Waals surface area contributed by atoms with Gasteiger partial charge in [0.2, 0.25) is 0 Å². The Morgan fingerprint density at radius 1 is 1.38 bits per heavy atom. The highest BCUT2D eigenvalue weighted by atomic mass is 35.5. The molecule has 0 fully saturated rings. The van der Waals surface area contributed by atoms with E-state index < -0.39 is 5.82 Å². The summed E-state index contributed by atoms with van der Waals surface area (Å²) in [4.78, 5) is 18.7. The summed E-state index contributed by atoms with van der Waals surface area (Å²) in [5.74, 6) is -0.393. The van der Waals surface area contributed by atoms with Gasteiger partial charge in [-0.2, -0.15) is 0 Å². The van der Waals surface area contributed by atoms with Crippen LogP contribution in [0.15, 0.2) is 35.4 Å². The van der Waals surface area contributed by atoms with Gasteiger partial charge in [0.05, 0.1) is 18.3 Å². The summed E-state index contributed by atoms with van der Waals surface area (Å²) in [6, 6.07) is 6.04. The van der Waals surface area contributed by atoms with Crippen molar-refractivity contribution < 1.29 is 4.39 Å². The minimum Gasteiger partial charge on any atom is -0.294 e. The number of hydrogen-bond donors (Lipinski definition) is 0. The Bertz CT molecular complexity index is 872. The van der Waals surface area contributed by atoms with Crippen LogP contribution in [0.3, 0.4) is 0 Å². The third kappa shape index (κ3) is 2.71. The van der Waals surface area contributed by atoms with Gasteiger partial charge in [-0.15, -0.1) is 11.3 Å². The molecule has 0 aliphatic rings. The Morgan fingerprint density at radius 2 is 2.19 bits per heavy atom. The molecular formula is C15H12ClFN2OS. The van der Waals surface area contributed by atoms with Crippen LogP contribution in [0, 0.1) is 5.82 Å². The Morgan fingerprint density at radius 3 is 2.90 bits per heavy atom. The molecule has 0 spiro atoms. The third-order valence-corrected chi connectivity index (χ3v) is 4.81. The minimum absolute atomic E-state index is 0.101. The Balaban J connectivity index is 2.04. The van der Waals surface area contributed by atoms with Crippen LogP contribution in [0.5, 0.6) is 0 Å². The van der Waals surface area contributed by atoms with Crippen molar-refractivity contribution in [1.29, 1.82) is 0 Å². The van der Waals surface area contributed by atoms with E-state index in [0.29, 0.717) is 16.0 Å². The van der Waals surface area contributed by atoms with Crippen LogP contribution in [0.1, 0.15) is 17.4 Å². The number of aromatic nitrogens is 2. The van der Waals surface area contributed by atoms with Gasteiger partial charge in [-0.1, -0.05) is 24.6 Å². The monoisotopic (exact) mass is 322 g/mol. The molecule has 21 heavy (non-hydrogen) atoms. The zero-order valence-electron chi connectivity index (χ0n) is 11.3. The lowest BCUT2D eigenvalue weighted by molar-refractivity contribution is 0.626. The predicted octanol–water partition coefficient (Wildman–Crippen LogP) is 3.86. The summed E-state index contributed by atoms with van der Waals surface area (Å²) in [6.45, 7) is 2.32. The molecule has 2 aromatic heterocycles. The zero-order chi connectivity index (χ0) is 15.0. The van der Waals surface area contributed by atoms with E-state index in [4.69, 9.17) is 11.6 Å². The minimum atomic E-state index is -0.393. The van der Waals surface area contributed by atoms with Crippen molar-refractivity contribution in [1.82, 2.24) is 9.55 Å². The number of benzene rings is 1. The Hall–Kier alpha value is -1.72. The fourth-order valence-corrected chi connectivity index (χ4v) is 3.28. The molecule has 1 aromatic carbocycles. The summed E-state index contributed by atoms with van der Waals surface area (Å²) < 4.78 is 14.5. The number of halogens is 2. The summed E-state index contributed by atoms with van der Waals surface area (Å²) in [6.07, 6.45) is 2.39. The largest absolute Gasteiger partial charge is 0.294 e. The van der Waals surface area contributed by atoms with Crippen molar-refractivity contribution in [3.8, 4) is 0 Å². The maximum atomic E-state index is 13.1. The Labute approximate surface area is 129 Å². The summed E-state index contributed by atoms with van der Waals surface area (Å²) in [5, 5.41) is 0.930. The lowest BCUT2D eigenvalue weighted by atomic mass is 10.2. The van der Waals surface area contributed by atoms with Crippen LogP contribution >= 0.6 is 22.9 Å². The van der Waals surface area contributed by atoms with Crippen molar-refractivity contribution in [2.75, 3.05) is 0 Å². The topological polar surface area (TPSA) is 34.9 Å². The standard InChI is InChI=1S/C15H12ClFN2OS/c1-2-11-6-12-14(21-11)18-8-19(15(12)20)7-9-3-4-10(17)5-13(9)16/h3-6,8H,2,7H2,1H3. The molecule has 3 nitrogen and oxygen atoms in total. The molecule has 0 saturated heterocycles. The molecule has 3 rings (SSSR count). The first-order chi connectivity index (χ1) is 10.1. The number of nitrogens with zero attached hydrogens (tertiary/aromatic N) is 2. The normalized spacial score (nSPS) is 11.2. The van der Waals surface area contributed by atoms with E-state index in [1.807, 2.05) is 13.0 Å². The first kappa shape index (κ1) is 14.2. The predicted molar refractivity (Wildman–Crippen MR) is 83.8 cm³/mol. The molecule has 0 radical (unpaired) electrons. The SMILES string of the molecule is CCc1cc2c(=O)n(Cc3ccc(F)cc3Cl)cnc2s1. The molecule has 6 heteroatoms. The maximum Gasteiger partial charge on any atom is 0.262 e. The average molecular weight is 323 g/mol. The summed E-state index contributed by atoms with van der Waals surface area (Å²) in [7, 11) is 0. The molecule has 0 atom stereocenters. The molecule has 3 aromatic rings. The van der Waals surface area contributed by atoms with E-state index in [1.54, 1.807) is 6.07 Å². The van der Waals surface area contributed by atoms with Crippen LogP contribution in [-0.4, -0.2) is 9.55 Å². The van der Waals surface area contributed by atoms with Crippen molar-refractivity contribution in [2.45, 2.75) is 19.9 Å². The molecule has 0 unspecified atom stereocenters. The molecule has 0 bridgehead atoms. The molecule has 0 amide bonds. The van der Waals surface area contributed by atoms with Crippen LogP contribution in [0.25, 0.3) is 10.2 Å². The van der Waals surface area contributed by atoms with Crippen LogP contribution < -0.4 is 5.56 Å². The highest BCUT2D eigenvalue weighted by Crippen LogP contribution is 2.22. The van der Waals surface area contributed by atoms with Crippen molar-refractivity contribution in [3.05, 3.63) is 62.2 Å². The molecular weight excluding hydrogens is 311 g/mol. The van der Waals surface area contributed by atoms with E-state index in [1.165, 1.54) is 34.4 Å². The highest BCUT2D eigenvalue weighted by molar-refractivity contribution is 7.18. The van der Waals surface area contributed by atoms with Crippen molar-refractivity contribution in [3.63, 3.8) is 0 Å². The zero-order valence-corrected chi connectivity index (χ0v) is 12.8. The van der Waals surface area contributed by atoms with Gasteiger partial charge >= 0.3 is 0 Å². The van der Waals surface area contributed by atoms with Gasteiger partial charge in [-0.25, -0.2) is 9.37 Å². The molecule has 2 heterocycles. The van der Waals surface area contributed by atoms with E-state index in [9.17, 15) is 9.18 Å². The average Bonchev–Trinajstić information content (AvgIpc) is 2.88. The quantitative estimate of drug-likeness (QED) is 0.734. The second-order valence-corrected chi connectivity index (χ2v) is 6.22. The van der Waals surface area contributed by atoms with Gasteiger partial charge < -0.3 is 0 Å². The number of aryl methyl sites for hydroxylation is 1. The van der Waals surface area contributed by atoms with Gasteiger partial charge in [0.1, 0.15) is 10.6 Å². The molecule has 0 N–H and O–H groups in total. The van der Waals surface area contributed by atoms with Crippen LogP contribution in [-0.2, 0) is 13.0 Å². The van der Waals surface area contributed by atoms with E-state index >= 15 is 0 Å². The molecule has 0 aliphatic heterocycles. The van der Waals surface area contributed by atoms with Gasteiger partial charge in [0, 0.05) is 9.90 Å². The van der Waals surface area contributed by atoms with E-state index in [0.717, 1.165) is 16.1 Å². The van der Waals surface area contributed by atoms with Gasteiger partial charge in [0.25, 0.3) is 5.56 Å². The first-order valence-electron chi connectivity index (χ1n) is 6.50. The number of rotatable bonds is 3. The van der Waals surface area contributed by atoms with Gasteiger partial charge in [-0.05, 0) is 30.2 Å². The maximum absolute atomic E-state index is 13.1. The highest BCUT2D eigenvalue weighted by Gasteiger charge is 2.10. The third-order valence-electron chi connectivity index (χ3n) is 3.27. The van der Waals surface area contributed by atoms with Crippen LogP contribution in [0.4, 0.5) is 4.39 Å². The summed E-state index contributed by atoms with van der Waals surface area (Å²) >= 11 is 7.53. The van der Waals surface area contributed by atoms with Gasteiger partial charge in [0.15, 0.2) is 0 Å². The molecule has 108 valence electrons. The fraction of sp³-hybridized carbons (Fsp3) is 0.200. The lowest BCUT2D eigenvalue weighted by Crippen LogP contribution is -2.20. The van der Waals surface area contributed by atoms with E-state index in [-0.39, 0.29) is 12.1 Å². The van der Waals surface area contributed by atoms with Crippen molar-refractivity contribution >= 4 is 33.2 Å². The van der Waals surface area contributed by atoms with Crippen LogP contribution in [0.2, 0.25) is 5.02 Å². The fourth-order valence-electron chi connectivity index (χ4n) is 2.13. The van der Waals surface area contributed by atoms with Crippen molar-refractivity contribution in [2.24, 2.45) is 0 Å². The lowest BCUT2D eigenvalue weighted by Gasteiger charge is -2.07. The number of thiophene rings is 1. The summed E-state index contributed by atoms with van der Waals surface area (Å²) in [5.41, 5.74) is 0.587. The second-order valence-electron chi connectivity index (χ2n) is 4.70. The Kier molecular flexibility index (Phi) is 3.78. The first-order valence-corrected chi connectivity index (χ1v) is 7.69. The van der Waals surface area contributed by atoms with Gasteiger partial charge in [-0.3, -0.25) is 9.36 Å². The molecule has 0 aliphatic carbocycles. The second kappa shape index (κ2) is 5.58. The molecule has 0 saturated carbocycles. The number of hydrogen-bond acceptors (Lipinski definition) is 3. The smallest absolute Gasteiger partial charge is 0.262 e.